The largest absolute Gasteiger partial charge is 0.461 e. The molecule has 1 aliphatic rings. The van der Waals surface area contributed by atoms with Crippen molar-refractivity contribution in [1.82, 2.24) is 10.2 Å². The van der Waals surface area contributed by atoms with Crippen molar-refractivity contribution in [2.24, 2.45) is 4.99 Å². The highest BCUT2D eigenvalue weighted by atomic mass is 16.5. The van der Waals surface area contributed by atoms with Crippen LogP contribution in [0, 0.1) is 0 Å². The topological polar surface area (TPSA) is 53.9 Å². The average Bonchev–Trinajstić information content (AvgIpc) is 2.97. The summed E-state index contributed by atoms with van der Waals surface area (Å²) in [6, 6.07) is 20.0. The summed E-state index contributed by atoms with van der Waals surface area (Å²) < 4.78 is 5.76. The number of nitrogens with zero attached hydrogens (tertiary/aromatic N) is 2. The molecule has 0 aromatic heterocycles. The van der Waals surface area contributed by atoms with Gasteiger partial charge in [-0.15, -0.1) is 0 Å². The molecule has 0 saturated carbocycles. The molecule has 5 nitrogen and oxygen atoms in total. The van der Waals surface area contributed by atoms with Crippen molar-refractivity contribution in [3.63, 3.8) is 0 Å². The second kappa shape index (κ2) is 7.83. The summed E-state index contributed by atoms with van der Waals surface area (Å²) in [5, 5.41) is 3.05. The van der Waals surface area contributed by atoms with Crippen molar-refractivity contribution < 1.29 is 9.53 Å². The third kappa shape index (κ3) is 4.38. The molecule has 0 bridgehead atoms. The SMILES string of the molecule is CC(C)N=C1OCC(NC(=O)c2ccccc2)N1Cc1ccccc1. The van der Waals surface area contributed by atoms with Crippen molar-refractivity contribution in [3.05, 3.63) is 71.8 Å². The van der Waals surface area contributed by atoms with Crippen LogP contribution in [0.25, 0.3) is 0 Å². The highest BCUT2D eigenvalue weighted by molar-refractivity contribution is 5.94. The van der Waals surface area contributed by atoms with Gasteiger partial charge >= 0.3 is 0 Å². The number of amidine groups is 1. The molecule has 1 fully saturated rings. The second-order valence-corrected chi connectivity index (χ2v) is 6.29. The quantitative estimate of drug-likeness (QED) is 0.912. The van der Waals surface area contributed by atoms with Crippen molar-refractivity contribution in [1.29, 1.82) is 0 Å². The average molecular weight is 337 g/mol. The van der Waals surface area contributed by atoms with Gasteiger partial charge in [-0.05, 0) is 31.5 Å². The van der Waals surface area contributed by atoms with E-state index in [0.717, 1.165) is 5.56 Å². The summed E-state index contributed by atoms with van der Waals surface area (Å²) in [7, 11) is 0. The van der Waals surface area contributed by atoms with Gasteiger partial charge in [0.05, 0.1) is 0 Å². The number of hydrogen-bond acceptors (Lipinski definition) is 3. The van der Waals surface area contributed by atoms with Crippen LogP contribution in [0.1, 0.15) is 29.8 Å². The van der Waals surface area contributed by atoms with Crippen LogP contribution in [0.2, 0.25) is 0 Å². The van der Waals surface area contributed by atoms with Crippen molar-refractivity contribution in [2.45, 2.75) is 32.6 Å². The van der Waals surface area contributed by atoms with E-state index in [9.17, 15) is 4.79 Å². The lowest BCUT2D eigenvalue weighted by Crippen LogP contribution is -2.46. The standard InChI is InChI=1S/C20H23N3O2/c1-15(2)21-20-23(13-16-9-5-3-6-10-16)18(14-25-20)22-19(24)17-11-7-4-8-12-17/h3-12,15,18H,13-14H2,1-2H3,(H,22,24). The number of ether oxygens (including phenoxy) is 1. The lowest BCUT2D eigenvalue weighted by atomic mass is 10.2. The third-order valence-corrected chi connectivity index (χ3v) is 3.89. The zero-order valence-electron chi connectivity index (χ0n) is 14.6. The molecule has 0 spiro atoms. The van der Waals surface area contributed by atoms with Gasteiger partial charge in [-0.3, -0.25) is 9.69 Å². The monoisotopic (exact) mass is 337 g/mol. The van der Waals surface area contributed by atoms with Crippen molar-refractivity contribution >= 4 is 11.9 Å². The number of carbonyl (C=O) groups is 1. The normalized spacial score (nSPS) is 18.4. The van der Waals surface area contributed by atoms with Gasteiger partial charge in [-0.2, -0.15) is 0 Å². The van der Waals surface area contributed by atoms with Gasteiger partial charge in [-0.1, -0.05) is 48.5 Å². The minimum Gasteiger partial charge on any atom is -0.461 e. The number of benzene rings is 2. The van der Waals surface area contributed by atoms with E-state index in [2.05, 4.69) is 22.4 Å². The lowest BCUT2D eigenvalue weighted by molar-refractivity contribution is 0.0901. The molecule has 1 atom stereocenters. The highest BCUT2D eigenvalue weighted by Crippen LogP contribution is 2.17. The van der Waals surface area contributed by atoms with Crippen LogP contribution >= 0.6 is 0 Å². The van der Waals surface area contributed by atoms with Gasteiger partial charge in [-0.25, -0.2) is 4.99 Å². The molecule has 1 unspecified atom stereocenters. The summed E-state index contributed by atoms with van der Waals surface area (Å²) in [6.07, 6.45) is -0.245. The van der Waals surface area contributed by atoms with E-state index in [4.69, 9.17) is 4.74 Å². The molecule has 0 radical (unpaired) electrons. The Labute approximate surface area is 148 Å². The first kappa shape index (κ1) is 17.0. The van der Waals surface area contributed by atoms with Crippen LogP contribution in [0.3, 0.4) is 0 Å². The molecule has 1 amide bonds. The van der Waals surface area contributed by atoms with Gasteiger partial charge in [0.2, 0.25) is 0 Å². The Morgan fingerprint density at radius 2 is 1.80 bits per heavy atom. The number of nitrogens with one attached hydrogen (secondary N) is 1. The molecular weight excluding hydrogens is 314 g/mol. The highest BCUT2D eigenvalue weighted by Gasteiger charge is 2.32. The fourth-order valence-electron chi connectivity index (χ4n) is 2.69. The van der Waals surface area contributed by atoms with Crippen LogP contribution < -0.4 is 5.32 Å². The third-order valence-electron chi connectivity index (χ3n) is 3.89. The first-order valence-corrected chi connectivity index (χ1v) is 8.50. The Morgan fingerprint density at radius 3 is 2.44 bits per heavy atom. The summed E-state index contributed by atoms with van der Waals surface area (Å²) >= 11 is 0. The van der Waals surface area contributed by atoms with Crippen molar-refractivity contribution in [2.75, 3.05) is 6.61 Å². The first-order valence-electron chi connectivity index (χ1n) is 8.50. The maximum absolute atomic E-state index is 12.5. The van der Waals surface area contributed by atoms with Crippen LogP contribution in [0.15, 0.2) is 65.7 Å². The fourth-order valence-corrected chi connectivity index (χ4v) is 2.69. The van der Waals surface area contributed by atoms with Crippen LogP contribution in [0.5, 0.6) is 0 Å². The predicted octanol–water partition coefficient (Wildman–Crippen LogP) is 3.04. The summed E-state index contributed by atoms with van der Waals surface area (Å²) in [6.45, 7) is 5.03. The Bertz CT molecular complexity index is 729. The van der Waals surface area contributed by atoms with E-state index in [1.165, 1.54) is 0 Å². The number of aliphatic imine (C=N–C) groups is 1. The Balaban J connectivity index is 1.78. The zero-order chi connectivity index (χ0) is 17.6. The van der Waals surface area contributed by atoms with E-state index < -0.39 is 0 Å². The molecule has 2 aromatic rings. The maximum Gasteiger partial charge on any atom is 0.289 e. The van der Waals surface area contributed by atoms with E-state index in [-0.39, 0.29) is 18.1 Å². The minimum absolute atomic E-state index is 0.113. The van der Waals surface area contributed by atoms with E-state index in [1.54, 1.807) is 12.1 Å². The van der Waals surface area contributed by atoms with E-state index in [0.29, 0.717) is 24.7 Å². The number of carbonyl (C=O) groups excluding carboxylic acids is 1. The molecule has 1 saturated heterocycles. The van der Waals surface area contributed by atoms with Crippen LogP contribution in [-0.2, 0) is 11.3 Å². The molecule has 1 N–H and O–H groups in total. The molecule has 1 aliphatic heterocycles. The minimum atomic E-state index is -0.245. The summed E-state index contributed by atoms with van der Waals surface area (Å²) in [5.41, 5.74) is 1.78. The summed E-state index contributed by atoms with van der Waals surface area (Å²) in [5.74, 6) is -0.113. The van der Waals surface area contributed by atoms with Gasteiger partial charge in [0.25, 0.3) is 11.9 Å². The Morgan fingerprint density at radius 1 is 1.16 bits per heavy atom. The number of hydrogen-bond donors (Lipinski definition) is 1. The van der Waals surface area contributed by atoms with Gasteiger partial charge in [0.1, 0.15) is 12.8 Å². The molecule has 25 heavy (non-hydrogen) atoms. The van der Waals surface area contributed by atoms with Gasteiger partial charge in [0, 0.05) is 18.2 Å². The molecule has 5 heteroatoms. The van der Waals surface area contributed by atoms with Crippen LogP contribution in [0.4, 0.5) is 0 Å². The van der Waals surface area contributed by atoms with Gasteiger partial charge in [0.15, 0.2) is 0 Å². The molecular formula is C20H23N3O2. The molecule has 130 valence electrons. The van der Waals surface area contributed by atoms with E-state index in [1.807, 2.05) is 55.1 Å². The lowest BCUT2D eigenvalue weighted by Gasteiger charge is -2.24. The molecule has 3 rings (SSSR count). The summed E-state index contributed by atoms with van der Waals surface area (Å²) in [4.78, 5) is 19.1. The molecule has 0 aliphatic carbocycles. The fraction of sp³-hybridized carbons (Fsp3) is 0.300. The Hall–Kier alpha value is -2.82. The smallest absolute Gasteiger partial charge is 0.289 e. The van der Waals surface area contributed by atoms with E-state index >= 15 is 0 Å². The van der Waals surface area contributed by atoms with Gasteiger partial charge < -0.3 is 10.1 Å². The predicted molar refractivity (Wildman–Crippen MR) is 98.2 cm³/mol. The maximum atomic E-state index is 12.5. The van der Waals surface area contributed by atoms with Crippen molar-refractivity contribution in [3.8, 4) is 0 Å². The second-order valence-electron chi connectivity index (χ2n) is 6.29. The number of rotatable bonds is 5. The molecule has 2 aromatic carbocycles. The zero-order valence-corrected chi connectivity index (χ0v) is 14.6. The van der Waals surface area contributed by atoms with Crippen LogP contribution in [-0.4, -0.2) is 35.6 Å². The molecule has 1 heterocycles. The first-order chi connectivity index (χ1) is 12.1. The Kier molecular flexibility index (Phi) is 5.33. The number of amides is 1.